The van der Waals surface area contributed by atoms with Gasteiger partial charge in [0.05, 0.1) is 11.3 Å². The summed E-state index contributed by atoms with van der Waals surface area (Å²) in [5.41, 5.74) is 6.67. The van der Waals surface area contributed by atoms with Crippen molar-refractivity contribution in [2.45, 2.75) is 25.8 Å². The van der Waals surface area contributed by atoms with Crippen molar-refractivity contribution in [2.75, 3.05) is 18.0 Å². The molecule has 1 aromatic rings. The third-order valence-electron chi connectivity index (χ3n) is 3.17. The molecule has 3 N–H and O–H groups in total. The fourth-order valence-electron chi connectivity index (χ4n) is 2.08. The average Bonchev–Trinajstić information content (AvgIpc) is 2.29. The number of hydrogen-bond acceptors (Lipinski definition) is 4. The zero-order chi connectivity index (χ0) is 12.4. The van der Waals surface area contributed by atoms with Crippen LogP contribution in [0.2, 0.25) is 0 Å². The highest BCUT2D eigenvalue weighted by atomic mass is 16.4. The van der Waals surface area contributed by atoms with Crippen molar-refractivity contribution in [3.63, 3.8) is 0 Å². The second kappa shape index (κ2) is 4.71. The summed E-state index contributed by atoms with van der Waals surface area (Å²) >= 11 is 0. The van der Waals surface area contributed by atoms with Crippen molar-refractivity contribution >= 4 is 11.8 Å². The maximum absolute atomic E-state index is 10.9. The number of aryl methyl sites for hydroxylation is 1. The Labute approximate surface area is 100 Å². The normalized spacial score (nSPS) is 17.2. The zero-order valence-corrected chi connectivity index (χ0v) is 9.89. The van der Waals surface area contributed by atoms with E-state index in [4.69, 9.17) is 10.8 Å². The van der Waals surface area contributed by atoms with E-state index >= 15 is 0 Å². The first-order valence-corrected chi connectivity index (χ1v) is 5.79. The Morgan fingerprint density at radius 2 is 2.12 bits per heavy atom. The minimum absolute atomic E-state index is 0.266. The molecule has 0 amide bonds. The van der Waals surface area contributed by atoms with Crippen LogP contribution in [0.5, 0.6) is 0 Å². The number of aromatic nitrogens is 1. The van der Waals surface area contributed by atoms with E-state index in [0.717, 1.165) is 31.7 Å². The molecule has 1 aliphatic heterocycles. The van der Waals surface area contributed by atoms with Crippen LogP contribution in [0.4, 0.5) is 5.82 Å². The molecule has 0 spiro atoms. The predicted molar refractivity (Wildman–Crippen MR) is 65.4 cm³/mol. The van der Waals surface area contributed by atoms with Gasteiger partial charge in [0.1, 0.15) is 5.82 Å². The van der Waals surface area contributed by atoms with E-state index in [9.17, 15) is 4.79 Å². The van der Waals surface area contributed by atoms with Crippen molar-refractivity contribution in [2.24, 2.45) is 5.73 Å². The molecule has 0 unspecified atom stereocenters. The average molecular weight is 235 g/mol. The lowest BCUT2D eigenvalue weighted by Gasteiger charge is -2.31. The molecule has 0 radical (unpaired) electrons. The van der Waals surface area contributed by atoms with Gasteiger partial charge in [-0.1, -0.05) is 0 Å². The van der Waals surface area contributed by atoms with Crippen LogP contribution in [0.25, 0.3) is 0 Å². The fraction of sp³-hybridized carbons (Fsp3) is 0.500. The number of hydrogen-bond donors (Lipinski definition) is 2. The Bertz CT molecular complexity index is 426. The highest BCUT2D eigenvalue weighted by Gasteiger charge is 2.18. The molecule has 2 rings (SSSR count). The van der Waals surface area contributed by atoms with Crippen LogP contribution in [0, 0.1) is 6.92 Å². The number of rotatable bonds is 2. The molecule has 0 saturated carbocycles. The van der Waals surface area contributed by atoms with Gasteiger partial charge in [0.25, 0.3) is 0 Å². The topological polar surface area (TPSA) is 79.5 Å². The summed E-state index contributed by atoms with van der Waals surface area (Å²) < 4.78 is 0. The van der Waals surface area contributed by atoms with E-state index in [2.05, 4.69) is 9.88 Å². The van der Waals surface area contributed by atoms with Crippen molar-refractivity contribution in [3.8, 4) is 0 Å². The lowest BCUT2D eigenvalue weighted by molar-refractivity contribution is 0.0695. The second-order valence-electron chi connectivity index (χ2n) is 4.43. The number of nitrogens with zero attached hydrogens (tertiary/aromatic N) is 2. The monoisotopic (exact) mass is 235 g/mol. The van der Waals surface area contributed by atoms with Gasteiger partial charge in [-0.25, -0.2) is 9.78 Å². The van der Waals surface area contributed by atoms with Crippen LogP contribution in [0.15, 0.2) is 12.1 Å². The van der Waals surface area contributed by atoms with Gasteiger partial charge in [-0.2, -0.15) is 0 Å². The van der Waals surface area contributed by atoms with Gasteiger partial charge in [0.2, 0.25) is 0 Å². The highest BCUT2D eigenvalue weighted by molar-refractivity contribution is 5.89. The quantitative estimate of drug-likeness (QED) is 0.800. The van der Waals surface area contributed by atoms with E-state index in [1.54, 1.807) is 19.1 Å². The van der Waals surface area contributed by atoms with Crippen molar-refractivity contribution in [1.29, 1.82) is 0 Å². The molecule has 0 aliphatic carbocycles. The molecule has 1 saturated heterocycles. The summed E-state index contributed by atoms with van der Waals surface area (Å²) in [7, 11) is 0. The number of carboxylic acids is 1. The van der Waals surface area contributed by atoms with Crippen LogP contribution in [-0.4, -0.2) is 35.2 Å². The van der Waals surface area contributed by atoms with Crippen LogP contribution in [0.1, 0.15) is 28.9 Å². The van der Waals surface area contributed by atoms with Gasteiger partial charge in [-0.05, 0) is 31.9 Å². The molecular weight excluding hydrogens is 218 g/mol. The number of carboxylic acid groups (broad SMARTS) is 1. The van der Waals surface area contributed by atoms with Crippen molar-refractivity contribution < 1.29 is 9.90 Å². The smallest absolute Gasteiger partial charge is 0.337 e. The maximum Gasteiger partial charge on any atom is 0.337 e. The van der Waals surface area contributed by atoms with E-state index < -0.39 is 5.97 Å². The van der Waals surface area contributed by atoms with Gasteiger partial charge in [0.15, 0.2) is 0 Å². The molecule has 17 heavy (non-hydrogen) atoms. The number of pyridine rings is 1. The summed E-state index contributed by atoms with van der Waals surface area (Å²) in [5.74, 6) is -0.0818. The molecule has 0 atom stereocenters. The highest BCUT2D eigenvalue weighted by Crippen LogP contribution is 2.19. The lowest BCUT2D eigenvalue weighted by Crippen LogP contribution is -2.40. The van der Waals surface area contributed by atoms with Crippen LogP contribution < -0.4 is 10.6 Å². The Balaban J connectivity index is 2.17. The molecule has 2 heterocycles. The first kappa shape index (κ1) is 11.9. The zero-order valence-electron chi connectivity index (χ0n) is 9.89. The molecule has 1 fully saturated rings. The van der Waals surface area contributed by atoms with Gasteiger partial charge in [0, 0.05) is 19.1 Å². The van der Waals surface area contributed by atoms with E-state index in [1.807, 2.05) is 0 Å². The van der Waals surface area contributed by atoms with Crippen molar-refractivity contribution in [3.05, 3.63) is 23.4 Å². The molecule has 5 heteroatoms. The SMILES string of the molecule is Cc1nc(N2CCC(N)CC2)ccc1C(=O)O. The number of carbonyl (C=O) groups is 1. The molecule has 0 bridgehead atoms. The predicted octanol–water partition coefficient (Wildman–Crippen LogP) is 1.02. The van der Waals surface area contributed by atoms with Crippen LogP contribution >= 0.6 is 0 Å². The summed E-state index contributed by atoms with van der Waals surface area (Å²) in [6.07, 6.45) is 1.92. The second-order valence-corrected chi connectivity index (χ2v) is 4.43. The van der Waals surface area contributed by atoms with E-state index in [1.165, 1.54) is 0 Å². The van der Waals surface area contributed by atoms with Gasteiger partial charge in [-0.3, -0.25) is 0 Å². The molecule has 1 aromatic heterocycles. The van der Waals surface area contributed by atoms with E-state index in [0.29, 0.717) is 5.69 Å². The minimum Gasteiger partial charge on any atom is -0.478 e. The lowest BCUT2D eigenvalue weighted by atomic mass is 10.1. The summed E-state index contributed by atoms with van der Waals surface area (Å²) in [6, 6.07) is 3.67. The standard InChI is InChI=1S/C12H17N3O2/c1-8-10(12(16)17)2-3-11(14-8)15-6-4-9(13)5-7-15/h2-3,9H,4-7,13H2,1H3,(H,16,17). The molecule has 92 valence electrons. The third kappa shape index (κ3) is 2.55. The Morgan fingerprint density at radius 1 is 1.47 bits per heavy atom. The summed E-state index contributed by atoms with van der Waals surface area (Å²) in [4.78, 5) is 17.4. The minimum atomic E-state index is -0.929. The Morgan fingerprint density at radius 3 is 2.65 bits per heavy atom. The van der Waals surface area contributed by atoms with Gasteiger partial charge in [-0.15, -0.1) is 0 Å². The number of piperidine rings is 1. The summed E-state index contributed by atoms with van der Waals surface area (Å²) in [6.45, 7) is 3.50. The van der Waals surface area contributed by atoms with Gasteiger partial charge >= 0.3 is 5.97 Å². The fourth-order valence-corrected chi connectivity index (χ4v) is 2.08. The number of aromatic carboxylic acids is 1. The van der Waals surface area contributed by atoms with E-state index in [-0.39, 0.29) is 11.6 Å². The van der Waals surface area contributed by atoms with Crippen LogP contribution in [0.3, 0.4) is 0 Å². The largest absolute Gasteiger partial charge is 0.478 e. The first-order valence-electron chi connectivity index (χ1n) is 5.79. The Hall–Kier alpha value is -1.62. The third-order valence-corrected chi connectivity index (χ3v) is 3.17. The van der Waals surface area contributed by atoms with Crippen LogP contribution in [-0.2, 0) is 0 Å². The Kier molecular flexibility index (Phi) is 3.28. The summed E-state index contributed by atoms with van der Waals surface area (Å²) in [5, 5.41) is 8.93. The maximum atomic E-state index is 10.9. The van der Waals surface area contributed by atoms with Crippen molar-refractivity contribution in [1.82, 2.24) is 4.98 Å². The first-order chi connectivity index (χ1) is 8.08. The number of anilines is 1. The molecule has 1 aliphatic rings. The van der Waals surface area contributed by atoms with Gasteiger partial charge < -0.3 is 15.7 Å². The number of nitrogens with two attached hydrogens (primary N) is 1. The molecule has 5 nitrogen and oxygen atoms in total. The molecular formula is C12H17N3O2. The molecule has 0 aromatic carbocycles.